The van der Waals surface area contributed by atoms with Crippen LogP contribution in [-0.4, -0.2) is 17.1 Å². The molecule has 0 aliphatic heterocycles. The molecule has 0 amide bonds. The summed E-state index contributed by atoms with van der Waals surface area (Å²) >= 11 is 6.54. The number of hydrogen-bond donors (Lipinski definition) is 1. The van der Waals surface area contributed by atoms with Gasteiger partial charge in [0, 0.05) is 22.7 Å². The predicted molar refractivity (Wildman–Crippen MR) is 80.1 cm³/mol. The molecule has 0 aliphatic rings. The fraction of sp³-hybridized carbons (Fsp3) is 0.231. The lowest BCUT2D eigenvalue weighted by atomic mass is 10.2. The minimum atomic E-state index is 0.314. The molecule has 0 atom stereocenters. The van der Waals surface area contributed by atoms with Gasteiger partial charge in [0.25, 0.3) is 0 Å². The van der Waals surface area contributed by atoms with Crippen molar-refractivity contribution in [1.29, 1.82) is 0 Å². The summed E-state index contributed by atoms with van der Waals surface area (Å²) in [5, 5.41) is 2.92. The van der Waals surface area contributed by atoms with Crippen molar-refractivity contribution < 1.29 is 9.47 Å². The molecule has 0 aliphatic carbocycles. The number of aryl methyl sites for hydroxylation is 1. The van der Waals surface area contributed by atoms with Crippen molar-refractivity contribution in [1.82, 2.24) is 4.98 Å². The van der Waals surface area contributed by atoms with Gasteiger partial charge in [0.15, 0.2) is 0 Å². The van der Waals surface area contributed by atoms with E-state index in [1.54, 1.807) is 36.6 Å². The first kappa shape index (κ1) is 13.8. The number of rotatable bonds is 5. The lowest BCUT2D eigenvalue weighted by molar-refractivity contribution is 0.303. The third kappa shape index (κ3) is 3.65. The van der Waals surface area contributed by atoms with E-state index in [4.69, 9.17) is 27.4 Å². The molecule has 0 fully saturated rings. The molecule has 0 bridgehead atoms. The Bertz CT molecular complexity index is 596. The average molecular weight is 294 g/mol. The fourth-order valence-electron chi connectivity index (χ4n) is 1.53. The van der Waals surface area contributed by atoms with Crippen molar-refractivity contribution in [2.24, 2.45) is 5.73 Å². The Morgan fingerprint density at radius 3 is 2.68 bits per heavy atom. The molecule has 4 nitrogen and oxygen atoms in total. The Labute approximate surface area is 121 Å². The van der Waals surface area contributed by atoms with Gasteiger partial charge in [0.2, 0.25) is 0 Å². The van der Waals surface area contributed by atoms with E-state index in [0.29, 0.717) is 23.1 Å². The van der Waals surface area contributed by atoms with Crippen LogP contribution in [0.25, 0.3) is 0 Å². The SMILES string of the molecule is COc1cc(OCc2nc(C)cs2)cc(C(N)=S)c1. The van der Waals surface area contributed by atoms with Gasteiger partial charge < -0.3 is 15.2 Å². The van der Waals surface area contributed by atoms with E-state index in [1.807, 2.05) is 12.3 Å². The highest BCUT2D eigenvalue weighted by Gasteiger charge is 2.06. The lowest BCUT2D eigenvalue weighted by Crippen LogP contribution is -2.09. The maximum absolute atomic E-state index is 5.69. The van der Waals surface area contributed by atoms with E-state index < -0.39 is 0 Å². The fourth-order valence-corrected chi connectivity index (χ4v) is 2.33. The molecular formula is C13H14N2O2S2. The summed E-state index contributed by atoms with van der Waals surface area (Å²) in [6, 6.07) is 5.37. The van der Waals surface area contributed by atoms with Crippen molar-refractivity contribution in [2.75, 3.05) is 7.11 Å². The molecule has 1 aromatic heterocycles. The maximum Gasteiger partial charge on any atom is 0.140 e. The van der Waals surface area contributed by atoms with Gasteiger partial charge in [-0.2, -0.15) is 0 Å². The van der Waals surface area contributed by atoms with E-state index in [1.165, 1.54) is 0 Å². The summed E-state index contributed by atoms with van der Waals surface area (Å²) in [5.74, 6) is 1.32. The number of hydrogen-bond acceptors (Lipinski definition) is 5. The number of nitrogens with two attached hydrogens (primary N) is 1. The molecule has 2 N–H and O–H groups in total. The number of nitrogens with zero attached hydrogens (tertiary/aromatic N) is 1. The van der Waals surface area contributed by atoms with Crippen LogP contribution >= 0.6 is 23.6 Å². The van der Waals surface area contributed by atoms with Crippen molar-refractivity contribution >= 4 is 28.5 Å². The minimum Gasteiger partial charge on any atom is -0.497 e. The predicted octanol–water partition coefficient (Wildman–Crippen LogP) is 2.67. The number of aromatic nitrogens is 1. The second kappa shape index (κ2) is 5.99. The van der Waals surface area contributed by atoms with Gasteiger partial charge in [-0.05, 0) is 19.1 Å². The van der Waals surface area contributed by atoms with E-state index in [9.17, 15) is 0 Å². The third-order valence-corrected chi connectivity index (χ3v) is 3.61. The van der Waals surface area contributed by atoms with E-state index in [0.717, 1.165) is 16.3 Å². The smallest absolute Gasteiger partial charge is 0.140 e. The number of thiocarbonyl (C=S) groups is 1. The zero-order valence-corrected chi connectivity index (χ0v) is 12.3. The molecule has 2 aromatic rings. The van der Waals surface area contributed by atoms with Crippen LogP contribution in [0.5, 0.6) is 11.5 Å². The molecule has 0 unspecified atom stereocenters. The van der Waals surface area contributed by atoms with Crippen LogP contribution < -0.4 is 15.2 Å². The van der Waals surface area contributed by atoms with Crippen LogP contribution in [0.1, 0.15) is 16.3 Å². The van der Waals surface area contributed by atoms with Crippen LogP contribution in [0, 0.1) is 6.92 Å². The highest BCUT2D eigenvalue weighted by atomic mass is 32.1. The Hall–Kier alpha value is -1.66. The van der Waals surface area contributed by atoms with Crippen molar-refractivity contribution in [3.8, 4) is 11.5 Å². The molecule has 1 aromatic carbocycles. The Balaban J connectivity index is 2.15. The number of thiazole rings is 1. The van der Waals surface area contributed by atoms with Gasteiger partial charge in [0.05, 0.1) is 7.11 Å². The van der Waals surface area contributed by atoms with Crippen molar-refractivity contribution in [3.05, 3.63) is 39.8 Å². The van der Waals surface area contributed by atoms with Crippen molar-refractivity contribution in [2.45, 2.75) is 13.5 Å². The molecule has 0 saturated carbocycles. The summed E-state index contributed by atoms with van der Waals surface area (Å²) in [6.07, 6.45) is 0. The van der Waals surface area contributed by atoms with Crippen LogP contribution in [0.3, 0.4) is 0 Å². The van der Waals surface area contributed by atoms with Crippen LogP contribution in [0.2, 0.25) is 0 Å². The first-order valence-electron chi connectivity index (χ1n) is 5.61. The molecule has 1 heterocycles. The second-order valence-corrected chi connectivity index (χ2v) is 5.32. The standard InChI is InChI=1S/C13H14N2O2S2/c1-8-7-19-12(15-8)6-17-11-4-9(13(14)18)3-10(5-11)16-2/h3-5,7H,6H2,1-2H3,(H2,14,18). The van der Waals surface area contributed by atoms with Crippen LogP contribution in [-0.2, 0) is 6.61 Å². The quantitative estimate of drug-likeness (QED) is 0.859. The summed E-state index contributed by atoms with van der Waals surface area (Å²) in [4.78, 5) is 4.65. The lowest BCUT2D eigenvalue weighted by Gasteiger charge is -2.09. The van der Waals surface area contributed by atoms with Gasteiger partial charge in [0.1, 0.15) is 28.1 Å². The Morgan fingerprint density at radius 1 is 1.37 bits per heavy atom. The first-order chi connectivity index (χ1) is 9.08. The van der Waals surface area contributed by atoms with Gasteiger partial charge in [-0.25, -0.2) is 4.98 Å². The van der Waals surface area contributed by atoms with Crippen molar-refractivity contribution in [3.63, 3.8) is 0 Å². The first-order valence-corrected chi connectivity index (χ1v) is 6.90. The van der Waals surface area contributed by atoms with E-state index >= 15 is 0 Å². The highest BCUT2D eigenvalue weighted by molar-refractivity contribution is 7.80. The number of benzene rings is 1. The summed E-state index contributed by atoms with van der Waals surface area (Å²) in [5.41, 5.74) is 7.35. The van der Waals surface area contributed by atoms with Gasteiger partial charge in [-0.3, -0.25) is 0 Å². The van der Waals surface area contributed by atoms with Gasteiger partial charge in [-0.1, -0.05) is 12.2 Å². The molecule has 19 heavy (non-hydrogen) atoms. The normalized spacial score (nSPS) is 10.2. The molecule has 0 saturated heterocycles. The third-order valence-electron chi connectivity index (χ3n) is 2.43. The molecule has 2 rings (SSSR count). The van der Waals surface area contributed by atoms with Crippen LogP contribution in [0.4, 0.5) is 0 Å². The zero-order valence-electron chi connectivity index (χ0n) is 10.7. The molecule has 6 heteroatoms. The summed E-state index contributed by atoms with van der Waals surface area (Å²) in [7, 11) is 1.59. The average Bonchev–Trinajstić information content (AvgIpc) is 2.81. The molecule has 100 valence electrons. The Kier molecular flexibility index (Phi) is 4.34. The van der Waals surface area contributed by atoms with Crippen LogP contribution in [0.15, 0.2) is 23.6 Å². The number of methoxy groups -OCH3 is 1. The summed E-state index contributed by atoms with van der Waals surface area (Å²) < 4.78 is 10.9. The number of ether oxygens (including phenoxy) is 2. The van der Waals surface area contributed by atoms with E-state index in [2.05, 4.69) is 4.98 Å². The van der Waals surface area contributed by atoms with E-state index in [-0.39, 0.29) is 0 Å². The Morgan fingerprint density at radius 2 is 2.11 bits per heavy atom. The molecule has 0 spiro atoms. The molecular weight excluding hydrogens is 280 g/mol. The molecule has 0 radical (unpaired) electrons. The zero-order chi connectivity index (χ0) is 13.8. The second-order valence-electron chi connectivity index (χ2n) is 3.93. The van der Waals surface area contributed by atoms with Gasteiger partial charge in [-0.15, -0.1) is 11.3 Å². The topological polar surface area (TPSA) is 57.4 Å². The monoisotopic (exact) mass is 294 g/mol. The van der Waals surface area contributed by atoms with Gasteiger partial charge >= 0.3 is 0 Å². The highest BCUT2D eigenvalue weighted by Crippen LogP contribution is 2.24. The summed E-state index contributed by atoms with van der Waals surface area (Å²) in [6.45, 7) is 2.37. The minimum absolute atomic E-state index is 0.314. The maximum atomic E-state index is 5.69. The largest absolute Gasteiger partial charge is 0.497 e.